The van der Waals surface area contributed by atoms with Crippen LogP contribution in [-0.2, 0) is 4.79 Å². The van der Waals surface area contributed by atoms with Gasteiger partial charge in [0, 0.05) is 44.0 Å². The summed E-state index contributed by atoms with van der Waals surface area (Å²) in [6.45, 7) is 3.28. The van der Waals surface area contributed by atoms with Crippen molar-refractivity contribution in [2.45, 2.75) is 25.3 Å². The lowest BCUT2D eigenvalue weighted by molar-refractivity contribution is -0.136. The summed E-state index contributed by atoms with van der Waals surface area (Å²) >= 11 is 0. The zero-order valence-corrected chi connectivity index (χ0v) is 13.2. The zero-order chi connectivity index (χ0) is 15.5. The third-order valence-electron chi connectivity index (χ3n) is 4.90. The van der Waals surface area contributed by atoms with E-state index in [0.717, 1.165) is 56.9 Å². The minimum absolute atomic E-state index is 0.0448. The molecule has 3 rings (SSSR count). The van der Waals surface area contributed by atoms with Crippen LogP contribution in [0.2, 0.25) is 0 Å². The number of hydrogen-bond acceptors (Lipinski definition) is 4. The van der Waals surface area contributed by atoms with Crippen molar-refractivity contribution >= 4 is 11.6 Å². The van der Waals surface area contributed by atoms with E-state index < -0.39 is 0 Å². The third kappa shape index (κ3) is 3.04. The Hall–Kier alpha value is -1.75. The second-order valence-electron chi connectivity index (χ2n) is 6.22. The third-order valence-corrected chi connectivity index (χ3v) is 4.90. The Morgan fingerprint density at radius 3 is 2.64 bits per heavy atom. The molecule has 0 radical (unpaired) electrons. The van der Waals surface area contributed by atoms with Gasteiger partial charge >= 0.3 is 0 Å². The number of piperazine rings is 1. The largest absolute Gasteiger partial charge is 0.497 e. The van der Waals surface area contributed by atoms with E-state index in [1.165, 1.54) is 0 Å². The smallest absolute Gasteiger partial charge is 0.227 e. The number of benzene rings is 1. The number of rotatable bonds is 3. The van der Waals surface area contributed by atoms with Crippen LogP contribution in [0.5, 0.6) is 5.75 Å². The van der Waals surface area contributed by atoms with E-state index in [1.54, 1.807) is 7.11 Å². The highest BCUT2D eigenvalue weighted by atomic mass is 16.5. The van der Waals surface area contributed by atoms with Gasteiger partial charge in [-0.2, -0.15) is 0 Å². The second kappa shape index (κ2) is 6.57. The Kier molecular flexibility index (Phi) is 4.52. The van der Waals surface area contributed by atoms with Crippen LogP contribution in [0.1, 0.15) is 19.3 Å². The van der Waals surface area contributed by atoms with Crippen molar-refractivity contribution < 1.29 is 9.53 Å². The van der Waals surface area contributed by atoms with Crippen molar-refractivity contribution in [1.29, 1.82) is 0 Å². The normalized spacial score (nSPS) is 25.4. The highest BCUT2D eigenvalue weighted by Crippen LogP contribution is 2.27. The molecule has 1 saturated carbocycles. The van der Waals surface area contributed by atoms with E-state index in [9.17, 15) is 4.79 Å². The molecule has 2 atom stereocenters. The van der Waals surface area contributed by atoms with Crippen LogP contribution in [0.25, 0.3) is 0 Å². The molecule has 0 spiro atoms. The molecule has 1 aliphatic heterocycles. The summed E-state index contributed by atoms with van der Waals surface area (Å²) in [6.07, 6.45) is 3.03. The minimum atomic E-state index is 0.0448. The number of amides is 1. The fourth-order valence-corrected chi connectivity index (χ4v) is 3.52. The van der Waals surface area contributed by atoms with Gasteiger partial charge in [-0.25, -0.2) is 0 Å². The van der Waals surface area contributed by atoms with Crippen LogP contribution in [0, 0.1) is 5.92 Å². The molecule has 1 heterocycles. The van der Waals surface area contributed by atoms with E-state index in [4.69, 9.17) is 10.5 Å². The number of methoxy groups -OCH3 is 1. The second-order valence-corrected chi connectivity index (χ2v) is 6.22. The summed E-state index contributed by atoms with van der Waals surface area (Å²) in [5, 5.41) is 0. The molecule has 2 fully saturated rings. The van der Waals surface area contributed by atoms with Gasteiger partial charge in [0.25, 0.3) is 0 Å². The molecule has 1 saturated heterocycles. The van der Waals surface area contributed by atoms with Crippen LogP contribution in [0.3, 0.4) is 0 Å². The molecule has 1 amide bonds. The molecule has 2 N–H and O–H groups in total. The Balaban J connectivity index is 1.59. The molecule has 1 aromatic rings. The van der Waals surface area contributed by atoms with Gasteiger partial charge in [0.05, 0.1) is 13.0 Å². The van der Waals surface area contributed by atoms with Gasteiger partial charge in [-0.15, -0.1) is 0 Å². The molecule has 0 bridgehead atoms. The number of nitrogens with zero attached hydrogens (tertiary/aromatic N) is 2. The van der Waals surface area contributed by atoms with Crippen LogP contribution in [-0.4, -0.2) is 50.1 Å². The highest BCUT2D eigenvalue weighted by molar-refractivity contribution is 5.80. The van der Waals surface area contributed by atoms with Gasteiger partial charge in [-0.1, -0.05) is 12.5 Å². The molecular weight excluding hydrogens is 278 g/mol. The number of carbonyl (C=O) groups excluding carboxylic acids is 1. The van der Waals surface area contributed by atoms with Crippen molar-refractivity contribution in [3.05, 3.63) is 24.3 Å². The summed E-state index contributed by atoms with van der Waals surface area (Å²) in [5.41, 5.74) is 7.22. The van der Waals surface area contributed by atoms with E-state index in [0.29, 0.717) is 0 Å². The first-order valence-electron chi connectivity index (χ1n) is 8.12. The number of anilines is 1. The summed E-state index contributed by atoms with van der Waals surface area (Å²) in [7, 11) is 1.68. The Morgan fingerprint density at radius 1 is 1.23 bits per heavy atom. The van der Waals surface area contributed by atoms with Crippen LogP contribution in [0.15, 0.2) is 24.3 Å². The molecule has 1 aromatic carbocycles. The lowest BCUT2D eigenvalue weighted by Gasteiger charge is -2.37. The predicted molar refractivity (Wildman–Crippen MR) is 87.1 cm³/mol. The maximum absolute atomic E-state index is 12.6. The highest BCUT2D eigenvalue weighted by Gasteiger charge is 2.34. The lowest BCUT2D eigenvalue weighted by atomic mass is 10.0. The Morgan fingerprint density at radius 2 is 2.00 bits per heavy atom. The van der Waals surface area contributed by atoms with Crippen molar-refractivity contribution in [1.82, 2.24) is 4.90 Å². The average molecular weight is 303 g/mol. The van der Waals surface area contributed by atoms with Gasteiger partial charge in [0.2, 0.25) is 5.91 Å². The zero-order valence-electron chi connectivity index (χ0n) is 13.2. The molecule has 120 valence electrons. The number of carbonyl (C=O) groups is 1. The molecular formula is C17H25N3O2. The van der Waals surface area contributed by atoms with Gasteiger partial charge in [0.15, 0.2) is 0 Å². The topological polar surface area (TPSA) is 58.8 Å². The first-order valence-corrected chi connectivity index (χ1v) is 8.12. The van der Waals surface area contributed by atoms with Crippen LogP contribution < -0.4 is 15.4 Å². The quantitative estimate of drug-likeness (QED) is 0.919. The SMILES string of the molecule is COc1cccc(N2CCN(C(=O)[C@H]3CCC[C@H]3N)CC2)c1. The van der Waals surface area contributed by atoms with E-state index in [2.05, 4.69) is 11.0 Å². The minimum Gasteiger partial charge on any atom is -0.497 e. The summed E-state index contributed by atoms with van der Waals surface area (Å²) < 4.78 is 5.28. The molecule has 22 heavy (non-hydrogen) atoms. The van der Waals surface area contributed by atoms with Crippen molar-refractivity contribution in [2.75, 3.05) is 38.2 Å². The molecule has 0 aromatic heterocycles. The summed E-state index contributed by atoms with van der Waals surface area (Å²) in [5.74, 6) is 1.17. The summed E-state index contributed by atoms with van der Waals surface area (Å²) in [6, 6.07) is 8.15. The average Bonchev–Trinajstić information content (AvgIpc) is 3.00. The van der Waals surface area contributed by atoms with Crippen molar-refractivity contribution in [3.8, 4) is 5.75 Å². The molecule has 1 aliphatic carbocycles. The first-order chi connectivity index (χ1) is 10.7. The molecule has 5 nitrogen and oxygen atoms in total. The van der Waals surface area contributed by atoms with Crippen LogP contribution >= 0.6 is 0 Å². The van der Waals surface area contributed by atoms with E-state index in [1.807, 2.05) is 23.1 Å². The number of ether oxygens (including phenoxy) is 1. The van der Waals surface area contributed by atoms with Gasteiger partial charge in [-0.3, -0.25) is 4.79 Å². The number of nitrogens with two attached hydrogens (primary N) is 1. The van der Waals surface area contributed by atoms with Gasteiger partial charge in [0.1, 0.15) is 5.75 Å². The molecule has 5 heteroatoms. The Bertz CT molecular complexity index is 526. The monoisotopic (exact) mass is 303 g/mol. The van der Waals surface area contributed by atoms with E-state index in [-0.39, 0.29) is 17.9 Å². The predicted octanol–water partition coefficient (Wildman–Crippen LogP) is 1.47. The molecule has 2 aliphatic rings. The van der Waals surface area contributed by atoms with E-state index >= 15 is 0 Å². The van der Waals surface area contributed by atoms with Crippen LogP contribution in [0.4, 0.5) is 5.69 Å². The Labute approximate surface area is 132 Å². The molecule has 0 unspecified atom stereocenters. The van der Waals surface area contributed by atoms with Crippen molar-refractivity contribution in [3.63, 3.8) is 0 Å². The van der Waals surface area contributed by atoms with Gasteiger partial charge in [-0.05, 0) is 25.0 Å². The summed E-state index contributed by atoms with van der Waals surface area (Å²) in [4.78, 5) is 16.9. The van der Waals surface area contributed by atoms with Crippen molar-refractivity contribution in [2.24, 2.45) is 11.7 Å². The lowest BCUT2D eigenvalue weighted by Crippen LogP contribution is -2.52. The van der Waals surface area contributed by atoms with Gasteiger partial charge < -0.3 is 20.3 Å². The first kappa shape index (κ1) is 15.2. The standard InChI is InChI=1S/C17H25N3O2/c1-22-14-5-2-4-13(12-14)19-8-10-20(11-9-19)17(21)15-6-3-7-16(15)18/h2,4-5,12,15-16H,3,6-11,18H2,1H3/t15-,16+/m0/s1. The maximum atomic E-state index is 12.6. The fourth-order valence-electron chi connectivity index (χ4n) is 3.52. The number of hydrogen-bond donors (Lipinski definition) is 1. The fraction of sp³-hybridized carbons (Fsp3) is 0.588. The maximum Gasteiger partial charge on any atom is 0.227 e.